The number of rotatable bonds is 16. The van der Waals surface area contributed by atoms with Gasteiger partial charge < -0.3 is 35.0 Å². The molecule has 14 heteroatoms. The van der Waals surface area contributed by atoms with Crippen molar-refractivity contribution in [3.05, 3.63) is 95.3 Å². The number of carbonyl (C=O) groups is 4. The summed E-state index contributed by atoms with van der Waals surface area (Å²) in [4.78, 5) is 62.1. The van der Waals surface area contributed by atoms with E-state index in [2.05, 4.69) is 21.0 Å². The number of aliphatic hydroxyl groups is 1. The Bertz CT molecular complexity index is 1780. The number of benzene rings is 2. The molecule has 4 atom stereocenters. The summed E-state index contributed by atoms with van der Waals surface area (Å²) in [6.07, 6.45) is 1.78. The van der Waals surface area contributed by atoms with Crippen molar-refractivity contribution < 1.29 is 33.8 Å². The number of hydrogen-bond acceptors (Lipinski definition) is 9. The molecule has 1 fully saturated rings. The molecule has 56 heavy (non-hydrogen) atoms. The van der Waals surface area contributed by atoms with Crippen LogP contribution in [-0.2, 0) is 33.8 Å². The first-order valence-corrected chi connectivity index (χ1v) is 18.9. The Kier molecular flexibility index (Phi) is 14.8. The summed E-state index contributed by atoms with van der Waals surface area (Å²) in [7, 11) is 2.80. The average Bonchev–Trinajstić information content (AvgIpc) is 3.48. The molecule has 1 aliphatic rings. The summed E-state index contributed by atoms with van der Waals surface area (Å²) in [5, 5.41) is 19.4. The zero-order valence-corrected chi connectivity index (χ0v) is 34.2. The Morgan fingerprint density at radius 2 is 1.57 bits per heavy atom. The number of pyridine rings is 1. The molecule has 1 aromatic heterocycles. The summed E-state index contributed by atoms with van der Waals surface area (Å²) in [6.45, 7) is 14.4. The molecule has 2 heterocycles. The zero-order valence-electron chi connectivity index (χ0n) is 34.2. The Hall–Kier alpha value is -5.21. The lowest BCUT2D eigenvalue weighted by atomic mass is 9.84. The summed E-state index contributed by atoms with van der Waals surface area (Å²) in [5.41, 5.74) is 5.20. The Labute approximate surface area is 330 Å². The second kappa shape index (κ2) is 19.1. The largest absolute Gasteiger partial charge is 0.497 e. The van der Waals surface area contributed by atoms with Gasteiger partial charge in [0.1, 0.15) is 17.8 Å². The number of amides is 5. The molecule has 5 amide bonds. The number of urea groups is 1. The number of nitrogens with zero attached hydrogens (tertiary/aromatic N) is 4. The summed E-state index contributed by atoms with van der Waals surface area (Å²) in [6, 6.07) is 15.8. The maximum Gasteiger partial charge on any atom is 0.407 e. The number of nitrogens with one attached hydrogen (secondary N) is 3. The first-order valence-electron chi connectivity index (χ1n) is 18.9. The lowest BCUT2D eigenvalue weighted by Gasteiger charge is -2.38. The molecule has 4 rings (SSSR count). The number of aromatic nitrogens is 1. The van der Waals surface area contributed by atoms with E-state index in [1.165, 1.54) is 7.11 Å². The first-order chi connectivity index (χ1) is 26.4. The topological polar surface area (TPSA) is 166 Å². The van der Waals surface area contributed by atoms with E-state index in [0.717, 1.165) is 22.3 Å². The van der Waals surface area contributed by atoms with E-state index in [0.29, 0.717) is 25.4 Å². The average molecular weight is 774 g/mol. The highest BCUT2D eigenvalue weighted by Gasteiger charge is 2.44. The van der Waals surface area contributed by atoms with E-state index in [1.54, 1.807) is 46.4 Å². The number of methoxy groups -OCH3 is 2. The van der Waals surface area contributed by atoms with Gasteiger partial charge in [0.05, 0.1) is 26.4 Å². The summed E-state index contributed by atoms with van der Waals surface area (Å²) in [5.74, 6) is -0.255. The van der Waals surface area contributed by atoms with Crippen LogP contribution in [0.25, 0.3) is 0 Å². The van der Waals surface area contributed by atoms with E-state index >= 15 is 0 Å². The minimum Gasteiger partial charge on any atom is -0.497 e. The molecule has 0 bridgehead atoms. The van der Waals surface area contributed by atoms with Gasteiger partial charge >= 0.3 is 12.1 Å². The second-order valence-electron chi connectivity index (χ2n) is 16.5. The van der Waals surface area contributed by atoms with Gasteiger partial charge in [-0.3, -0.25) is 20.0 Å². The van der Waals surface area contributed by atoms with Crippen molar-refractivity contribution in [2.45, 2.75) is 92.2 Å². The molecular weight excluding hydrogens is 715 g/mol. The molecule has 3 aromatic rings. The SMILES string of the molecule is COC(=O)NC(C(=O)NN(Cc1ccc(OC)cc1)CC(O)C(Cc1ccccc1)NC(=O)C(N1CCN(Cc2cnccc2C)C1=O)C(C)(C)C)C(C)(C)C. The van der Waals surface area contributed by atoms with E-state index in [4.69, 9.17) is 9.47 Å². The van der Waals surface area contributed by atoms with Gasteiger partial charge in [-0.15, -0.1) is 0 Å². The van der Waals surface area contributed by atoms with Crippen LogP contribution in [0, 0.1) is 17.8 Å². The fourth-order valence-electron chi connectivity index (χ4n) is 6.80. The van der Waals surface area contributed by atoms with Crippen LogP contribution < -0.4 is 20.8 Å². The Morgan fingerprint density at radius 3 is 2.16 bits per heavy atom. The third-order valence-electron chi connectivity index (χ3n) is 9.89. The number of hydrogen-bond donors (Lipinski definition) is 4. The van der Waals surface area contributed by atoms with Gasteiger partial charge in [-0.2, -0.15) is 0 Å². The van der Waals surface area contributed by atoms with E-state index in [9.17, 15) is 24.3 Å². The summed E-state index contributed by atoms with van der Waals surface area (Å²) < 4.78 is 10.1. The quantitative estimate of drug-likeness (QED) is 0.154. The fourth-order valence-corrected chi connectivity index (χ4v) is 6.80. The molecule has 304 valence electrons. The van der Waals surface area contributed by atoms with Gasteiger partial charge in [-0.1, -0.05) is 84.0 Å². The standard InChI is InChI=1S/C42H59N7O7/c1-28-19-20-43-24-31(28)26-47-21-22-49(40(47)54)36(42(5,6)7)38(52)44-33(23-29-13-11-10-12-14-29)34(50)27-48(25-30-15-17-32(55-8)18-16-30)46-37(51)35(41(2,3)4)45-39(53)56-9/h10-20,24,33-36,50H,21-23,25-27H2,1-9H3,(H,44,52)(H,45,53)(H,46,51). The van der Waals surface area contributed by atoms with E-state index in [1.807, 2.05) is 97.0 Å². The highest BCUT2D eigenvalue weighted by molar-refractivity contribution is 5.89. The highest BCUT2D eigenvalue weighted by Crippen LogP contribution is 2.29. The zero-order chi connectivity index (χ0) is 41.2. The van der Waals surface area contributed by atoms with Gasteiger partial charge in [0.15, 0.2) is 0 Å². The van der Waals surface area contributed by atoms with E-state index in [-0.39, 0.29) is 25.5 Å². The van der Waals surface area contributed by atoms with Crippen molar-refractivity contribution in [1.29, 1.82) is 0 Å². The van der Waals surface area contributed by atoms with Crippen molar-refractivity contribution in [2.24, 2.45) is 10.8 Å². The van der Waals surface area contributed by atoms with Gasteiger partial charge in [0.2, 0.25) is 5.91 Å². The number of aliphatic hydroxyl groups excluding tert-OH is 1. The van der Waals surface area contributed by atoms with Crippen LogP contribution in [0.1, 0.15) is 63.8 Å². The smallest absolute Gasteiger partial charge is 0.407 e. The predicted octanol–water partition coefficient (Wildman–Crippen LogP) is 4.44. The second-order valence-corrected chi connectivity index (χ2v) is 16.5. The Balaban J connectivity index is 1.62. The molecule has 0 aliphatic carbocycles. The lowest BCUT2D eigenvalue weighted by Crippen LogP contribution is -2.61. The molecule has 1 aliphatic heterocycles. The molecule has 0 saturated carbocycles. The van der Waals surface area contributed by atoms with Crippen molar-refractivity contribution >= 4 is 23.9 Å². The third-order valence-corrected chi connectivity index (χ3v) is 9.89. The van der Waals surface area contributed by atoms with Crippen LogP contribution in [0.2, 0.25) is 0 Å². The minimum atomic E-state index is -1.21. The number of ether oxygens (including phenoxy) is 2. The number of alkyl carbamates (subject to hydrolysis) is 1. The van der Waals surface area contributed by atoms with Crippen LogP contribution in [0.3, 0.4) is 0 Å². The maximum absolute atomic E-state index is 14.5. The normalized spacial score (nSPS) is 15.5. The summed E-state index contributed by atoms with van der Waals surface area (Å²) >= 11 is 0. The van der Waals surface area contributed by atoms with Crippen molar-refractivity contribution in [1.82, 2.24) is 35.9 Å². The van der Waals surface area contributed by atoms with Crippen LogP contribution in [0.4, 0.5) is 9.59 Å². The van der Waals surface area contributed by atoms with Gasteiger partial charge in [-0.05, 0) is 64.6 Å². The van der Waals surface area contributed by atoms with Crippen molar-refractivity contribution in [3.8, 4) is 5.75 Å². The highest BCUT2D eigenvalue weighted by atomic mass is 16.5. The molecule has 4 unspecified atom stereocenters. The third kappa shape index (κ3) is 11.9. The van der Waals surface area contributed by atoms with Crippen LogP contribution in [0.15, 0.2) is 73.1 Å². The molecule has 4 N–H and O–H groups in total. The monoisotopic (exact) mass is 773 g/mol. The fraction of sp³-hybridized carbons (Fsp3) is 0.500. The molecule has 0 spiro atoms. The minimum absolute atomic E-state index is 0.105. The first kappa shape index (κ1) is 43.5. The van der Waals surface area contributed by atoms with Gasteiger partial charge in [0.25, 0.3) is 5.91 Å². The number of aryl methyl sites for hydroxylation is 1. The molecular formula is C42H59N7O7. The van der Waals surface area contributed by atoms with Crippen molar-refractivity contribution in [2.75, 3.05) is 33.9 Å². The van der Waals surface area contributed by atoms with Crippen LogP contribution >= 0.6 is 0 Å². The van der Waals surface area contributed by atoms with Crippen molar-refractivity contribution in [3.63, 3.8) is 0 Å². The molecule has 0 radical (unpaired) electrons. The molecule has 2 aromatic carbocycles. The van der Waals surface area contributed by atoms with E-state index < -0.39 is 53.0 Å². The number of hydrazine groups is 1. The lowest BCUT2D eigenvalue weighted by molar-refractivity contribution is -0.133. The maximum atomic E-state index is 14.5. The van der Waals surface area contributed by atoms with Gasteiger partial charge in [-0.25, -0.2) is 14.6 Å². The molecule has 1 saturated heterocycles. The van der Waals surface area contributed by atoms with Crippen LogP contribution in [-0.4, -0.2) is 107 Å². The molecule has 14 nitrogen and oxygen atoms in total. The van der Waals surface area contributed by atoms with Crippen LogP contribution in [0.5, 0.6) is 5.75 Å². The number of carbonyl (C=O) groups excluding carboxylic acids is 4. The van der Waals surface area contributed by atoms with Gasteiger partial charge in [0, 0.05) is 45.1 Å². The predicted molar refractivity (Wildman–Crippen MR) is 213 cm³/mol. The Morgan fingerprint density at radius 1 is 0.893 bits per heavy atom.